The van der Waals surface area contributed by atoms with Crippen LogP contribution in [0.1, 0.15) is 19.3 Å². The minimum Gasteiger partial charge on any atom is -0.313 e. The van der Waals surface area contributed by atoms with Crippen LogP contribution in [-0.2, 0) is 6.54 Å². The fourth-order valence-electron chi connectivity index (χ4n) is 1.28. The van der Waals surface area contributed by atoms with Gasteiger partial charge in [0.25, 0.3) is 5.56 Å². The van der Waals surface area contributed by atoms with Gasteiger partial charge < -0.3 is 4.57 Å². The molecule has 0 N–H and O–H groups in total. The van der Waals surface area contributed by atoms with E-state index in [1.54, 1.807) is 10.6 Å². The third kappa shape index (κ3) is 4.29. The van der Waals surface area contributed by atoms with E-state index in [-0.39, 0.29) is 5.56 Å². The van der Waals surface area contributed by atoms with Crippen molar-refractivity contribution < 1.29 is 0 Å². The lowest BCUT2D eigenvalue weighted by Gasteiger charge is -2.06. The Labute approximate surface area is 111 Å². The highest BCUT2D eigenvalue weighted by Gasteiger charge is 2.02. The monoisotopic (exact) mass is 355 g/mol. The zero-order valence-corrected chi connectivity index (χ0v) is 12.1. The number of hydrogen-bond acceptors (Lipinski definition) is 1. The molecular weight excluding hydrogens is 345 g/mol. The zero-order valence-electron chi connectivity index (χ0n) is 8.18. The Balaban J connectivity index is 2.64. The van der Waals surface area contributed by atoms with Crippen molar-refractivity contribution in [2.24, 2.45) is 0 Å². The molecule has 0 fully saturated rings. The largest absolute Gasteiger partial charge is 0.313 e. The van der Waals surface area contributed by atoms with E-state index in [9.17, 15) is 4.79 Å². The van der Waals surface area contributed by atoms with Gasteiger partial charge in [0, 0.05) is 23.1 Å². The highest BCUT2D eigenvalue weighted by Crippen LogP contribution is 2.13. The van der Waals surface area contributed by atoms with Crippen molar-refractivity contribution in [2.45, 2.75) is 25.8 Å². The summed E-state index contributed by atoms with van der Waals surface area (Å²) in [6.45, 7) is 0.744. The lowest BCUT2D eigenvalue weighted by atomic mass is 10.2. The molecule has 0 atom stereocenters. The summed E-state index contributed by atoms with van der Waals surface area (Å²) in [5.41, 5.74) is 0.0177. The standard InChI is InChI=1S/C10H12Br2ClNO/c11-8-6-9(12)10(15)14(7-8)5-3-1-2-4-13/h6-7H,1-5H2. The molecule has 0 aliphatic heterocycles. The Morgan fingerprint density at radius 1 is 1.27 bits per heavy atom. The molecule has 1 aromatic heterocycles. The summed E-state index contributed by atoms with van der Waals surface area (Å²) < 4.78 is 3.21. The zero-order chi connectivity index (χ0) is 11.3. The molecule has 0 aliphatic carbocycles. The van der Waals surface area contributed by atoms with Crippen LogP contribution in [0.2, 0.25) is 0 Å². The molecule has 0 amide bonds. The minimum absolute atomic E-state index is 0.0177. The van der Waals surface area contributed by atoms with Gasteiger partial charge in [-0.25, -0.2) is 0 Å². The molecule has 0 bridgehead atoms. The van der Waals surface area contributed by atoms with E-state index in [1.807, 2.05) is 6.20 Å². The van der Waals surface area contributed by atoms with Crippen LogP contribution in [0.4, 0.5) is 0 Å². The summed E-state index contributed by atoms with van der Waals surface area (Å²) in [5, 5.41) is 0. The van der Waals surface area contributed by atoms with Crippen LogP contribution < -0.4 is 5.56 Å². The first-order valence-corrected chi connectivity index (χ1v) is 6.88. The molecule has 0 aromatic carbocycles. The fourth-order valence-corrected chi connectivity index (χ4v) is 2.73. The maximum atomic E-state index is 11.7. The summed E-state index contributed by atoms with van der Waals surface area (Å²) in [6, 6.07) is 1.76. The van der Waals surface area contributed by atoms with Gasteiger partial charge in [-0.2, -0.15) is 0 Å². The smallest absolute Gasteiger partial charge is 0.264 e. The molecule has 0 unspecified atom stereocenters. The van der Waals surface area contributed by atoms with Crippen LogP contribution in [0.25, 0.3) is 0 Å². The number of aryl methyl sites for hydroxylation is 1. The van der Waals surface area contributed by atoms with Crippen molar-refractivity contribution >= 4 is 43.5 Å². The van der Waals surface area contributed by atoms with Gasteiger partial charge in [0.15, 0.2) is 0 Å². The molecule has 0 radical (unpaired) electrons. The van der Waals surface area contributed by atoms with Gasteiger partial charge in [0.05, 0.1) is 4.47 Å². The maximum Gasteiger partial charge on any atom is 0.264 e. The quantitative estimate of drug-likeness (QED) is 0.581. The first kappa shape index (κ1) is 13.3. The highest BCUT2D eigenvalue weighted by molar-refractivity contribution is 9.11. The summed E-state index contributed by atoms with van der Waals surface area (Å²) >= 11 is 12.2. The Hall–Kier alpha value is 0.200. The molecule has 1 aromatic rings. The molecule has 15 heavy (non-hydrogen) atoms. The number of alkyl halides is 1. The number of unbranched alkanes of at least 4 members (excludes halogenated alkanes) is 2. The number of aromatic nitrogens is 1. The second-order valence-corrected chi connectivity index (χ2v) is 5.40. The lowest BCUT2D eigenvalue weighted by molar-refractivity contribution is 0.586. The fraction of sp³-hybridized carbons (Fsp3) is 0.500. The van der Waals surface area contributed by atoms with Gasteiger partial charge in [0.1, 0.15) is 0 Å². The van der Waals surface area contributed by atoms with Crippen molar-refractivity contribution in [3.8, 4) is 0 Å². The molecule has 0 aliphatic rings. The average Bonchev–Trinajstić information content (AvgIpc) is 2.19. The molecule has 1 heterocycles. The minimum atomic E-state index is 0.0177. The summed E-state index contributed by atoms with van der Waals surface area (Å²) in [6.07, 6.45) is 4.86. The molecular formula is C10H12Br2ClNO. The van der Waals surface area contributed by atoms with E-state index in [0.29, 0.717) is 10.4 Å². The third-order valence-corrected chi connectivity index (χ3v) is 3.31. The number of rotatable bonds is 5. The van der Waals surface area contributed by atoms with Crippen molar-refractivity contribution in [3.63, 3.8) is 0 Å². The van der Waals surface area contributed by atoms with Gasteiger partial charge in [-0.1, -0.05) is 6.42 Å². The summed E-state index contributed by atoms with van der Waals surface area (Å²) in [4.78, 5) is 11.7. The van der Waals surface area contributed by atoms with Crippen LogP contribution in [-0.4, -0.2) is 10.4 Å². The van der Waals surface area contributed by atoms with Gasteiger partial charge in [-0.05, 0) is 50.8 Å². The SMILES string of the molecule is O=c1c(Br)cc(Br)cn1CCCCCCl. The second kappa shape index (κ2) is 6.71. The van der Waals surface area contributed by atoms with E-state index >= 15 is 0 Å². The number of pyridine rings is 1. The van der Waals surface area contributed by atoms with Gasteiger partial charge in [-0.15, -0.1) is 11.6 Å². The first-order chi connectivity index (χ1) is 7.15. The number of halogens is 3. The summed E-state index contributed by atoms with van der Waals surface area (Å²) in [7, 11) is 0. The van der Waals surface area contributed by atoms with Crippen LogP contribution >= 0.6 is 43.5 Å². The van der Waals surface area contributed by atoms with Crippen LogP contribution in [0.15, 0.2) is 26.0 Å². The topological polar surface area (TPSA) is 22.0 Å². The Morgan fingerprint density at radius 2 is 2.00 bits per heavy atom. The van der Waals surface area contributed by atoms with Crippen LogP contribution in [0, 0.1) is 0 Å². The first-order valence-electron chi connectivity index (χ1n) is 4.76. The molecule has 84 valence electrons. The van der Waals surface area contributed by atoms with E-state index in [0.717, 1.165) is 30.3 Å². The van der Waals surface area contributed by atoms with Crippen molar-refractivity contribution in [2.75, 3.05) is 5.88 Å². The molecule has 0 spiro atoms. The van der Waals surface area contributed by atoms with Gasteiger partial charge in [0.2, 0.25) is 0 Å². The molecule has 5 heteroatoms. The van der Waals surface area contributed by atoms with Crippen molar-refractivity contribution in [1.82, 2.24) is 4.57 Å². The van der Waals surface area contributed by atoms with Gasteiger partial charge >= 0.3 is 0 Å². The van der Waals surface area contributed by atoms with E-state index < -0.39 is 0 Å². The van der Waals surface area contributed by atoms with E-state index in [4.69, 9.17) is 11.6 Å². The number of hydrogen-bond donors (Lipinski definition) is 0. The van der Waals surface area contributed by atoms with Crippen molar-refractivity contribution in [3.05, 3.63) is 31.6 Å². The predicted molar refractivity (Wildman–Crippen MR) is 70.7 cm³/mol. The Morgan fingerprint density at radius 3 is 2.67 bits per heavy atom. The van der Waals surface area contributed by atoms with E-state index in [1.165, 1.54) is 0 Å². The van der Waals surface area contributed by atoms with Crippen molar-refractivity contribution in [1.29, 1.82) is 0 Å². The Bertz CT molecular complexity index is 378. The molecule has 1 rings (SSSR count). The molecule has 2 nitrogen and oxygen atoms in total. The van der Waals surface area contributed by atoms with Crippen LogP contribution in [0.3, 0.4) is 0 Å². The lowest BCUT2D eigenvalue weighted by Crippen LogP contribution is -2.20. The third-order valence-electron chi connectivity index (χ3n) is 2.04. The second-order valence-electron chi connectivity index (χ2n) is 3.25. The summed E-state index contributed by atoms with van der Waals surface area (Å²) in [5.74, 6) is 0.692. The predicted octanol–water partition coefficient (Wildman–Crippen LogP) is 3.78. The maximum absolute atomic E-state index is 11.7. The highest BCUT2D eigenvalue weighted by atomic mass is 79.9. The molecule has 0 saturated heterocycles. The van der Waals surface area contributed by atoms with Gasteiger partial charge in [-0.3, -0.25) is 4.79 Å². The average molecular weight is 357 g/mol. The normalized spacial score (nSPS) is 10.6. The Kier molecular flexibility index (Phi) is 5.94. The molecule has 0 saturated carbocycles. The number of nitrogens with zero attached hydrogens (tertiary/aromatic N) is 1. The van der Waals surface area contributed by atoms with E-state index in [2.05, 4.69) is 31.9 Å². The van der Waals surface area contributed by atoms with Crippen LogP contribution in [0.5, 0.6) is 0 Å².